The van der Waals surface area contributed by atoms with Crippen LogP contribution in [-0.4, -0.2) is 52.7 Å². The smallest absolute Gasteiger partial charge is 0.255 e. The largest absolute Gasteiger partial charge is 0.390 e. The van der Waals surface area contributed by atoms with Crippen molar-refractivity contribution in [3.8, 4) is 0 Å². The lowest BCUT2D eigenvalue weighted by Gasteiger charge is -2.46. The van der Waals surface area contributed by atoms with Gasteiger partial charge in [-0.1, -0.05) is 18.5 Å². The average Bonchev–Trinajstić information content (AvgIpc) is 3.00. The number of sulfone groups is 1. The molecule has 0 spiro atoms. The van der Waals surface area contributed by atoms with Gasteiger partial charge in [0.25, 0.3) is 5.91 Å². The monoisotopic (exact) mass is 543 g/mol. The summed E-state index contributed by atoms with van der Waals surface area (Å²) in [6.07, 6.45) is -1.06. The number of benzene rings is 2. The average molecular weight is 544 g/mol. The van der Waals surface area contributed by atoms with E-state index in [1.165, 1.54) is 18.2 Å². The molecule has 0 radical (unpaired) electrons. The number of aliphatic hydroxyl groups is 3. The van der Waals surface area contributed by atoms with Crippen LogP contribution in [0.3, 0.4) is 0 Å². The molecule has 7 nitrogen and oxygen atoms in total. The summed E-state index contributed by atoms with van der Waals surface area (Å²) in [5.74, 6) is -3.99. The molecule has 2 aliphatic carbocycles. The minimum atomic E-state index is -4.04. The first-order chi connectivity index (χ1) is 16.9. The lowest BCUT2D eigenvalue weighted by Crippen LogP contribution is -2.59. The molecule has 36 heavy (non-hydrogen) atoms. The van der Waals surface area contributed by atoms with Crippen LogP contribution in [-0.2, 0) is 9.84 Å². The fraction of sp³-hybridized carbons (Fsp3) is 0.480. The summed E-state index contributed by atoms with van der Waals surface area (Å²) in [7, 11) is -4.04. The SMILES string of the molecule is CC[C@@H](O)[C@H](O)C1(O)C2CCC1CC(S(=O)(=O)c1cc(C(=O)Nc3ccc(F)c(F)c3)ccc1Cl)C2. The van der Waals surface area contributed by atoms with Crippen molar-refractivity contribution in [3.05, 3.63) is 58.6 Å². The Balaban J connectivity index is 1.58. The van der Waals surface area contributed by atoms with Gasteiger partial charge in [-0.05, 0) is 74.3 Å². The number of hydrogen-bond acceptors (Lipinski definition) is 6. The van der Waals surface area contributed by atoms with Crippen LogP contribution < -0.4 is 5.32 Å². The predicted molar refractivity (Wildman–Crippen MR) is 129 cm³/mol. The zero-order chi connectivity index (χ0) is 26.4. The lowest BCUT2D eigenvalue weighted by molar-refractivity contribution is -0.176. The van der Waals surface area contributed by atoms with Crippen molar-refractivity contribution >= 4 is 33.0 Å². The molecule has 0 aliphatic heterocycles. The number of rotatable bonds is 7. The van der Waals surface area contributed by atoms with Gasteiger partial charge in [0.15, 0.2) is 21.5 Å². The standard InChI is InChI=1S/C25H28ClF2NO6S/c1-2-21(30)23(31)25(33)14-4-5-15(25)11-17(10-14)36(34,35)22-9-13(3-7-18(22)26)24(32)29-16-6-8-19(27)20(28)12-16/h3,6-9,12,14-15,17,21,23,30-31,33H,2,4-5,10-11H2,1H3,(H,29,32)/t14?,15?,17?,21-,23+,25?/m1/s1. The molecule has 0 heterocycles. The topological polar surface area (TPSA) is 124 Å². The number of amides is 1. The molecule has 4 rings (SSSR count). The van der Waals surface area contributed by atoms with Crippen LogP contribution in [0.25, 0.3) is 0 Å². The van der Waals surface area contributed by atoms with E-state index < -0.39 is 62.3 Å². The summed E-state index contributed by atoms with van der Waals surface area (Å²) < 4.78 is 53.9. The van der Waals surface area contributed by atoms with Crippen LogP contribution in [0, 0.1) is 23.5 Å². The van der Waals surface area contributed by atoms with Gasteiger partial charge in [0, 0.05) is 17.3 Å². The van der Waals surface area contributed by atoms with Gasteiger partial charge in [0.1, 0.15) is 6.10 Å². The minimum Gasteiger partial charge on any atom is -0.390 e. The number of halogens is 3. The minimum absolute atomic E-state index is 0.00535. The van der Waals surface area contributed by atoms with Crippen LogP contribution >= 0.6 is 11.6 Å². The third-order valence-electron chi connectivity index (χ3n) is 7.64. The molecule has 2 bridgehead atoms. The zero-order valence-corrected chi connectivity index (χ0v) is 21.1. The van der Waals surface area contributed by atoms with E-state index >= 15 is 0 Å². The van der Waals surface area contributed by atoms with Gasteiger partial charge in [-0.15, -0.1) is 0 Å². The number of nitrogens with one attached hydrogen (secondary N) is 1. The summed E-state index contributed by atoms with van der Waals surface area (Å²) >= 11 is 6.23. The summed E-state index contributed by atoms with van der Waals surface area (Å²) in [5, 5.41) is 33.5. The molecule has 11 heteroatoms. The van der Waals surface area contributed by atoms with Gasteiger partial charge in [-0.25, -0.2) is 17.2 Å². The van der Waals surface area contributed by atoms with Crippen molar-refractivity contribution in [2.75, 3.05) is 5.32 Å². The van der Waals surface area contributed by atoms with E-state index in [1.54, 1.807) is 6.92 Å². The van der Waals surface area contributed by atoms with E-state index in [0.717, 1.165) is 18.2 Å². The van der Waals surface area contributed by atoms with Gasteiger partial charge < -0.3 is 20.6 Å². The van der Waals surface area contributed by atoms with Crippen molar-refractivity contribution in [1.29, 1.82) is 0 Å². The molecule has 2 saturated carbocycles. The van der Waals surface area contributed by atoms with E-state index in [0.29, 0.717) is 12.8 Å². The Kier molecular flexibility index (Phi) is 7.47. The van der Waals surface area contributed by atoms with Gasteiger partial charge in [0.05, 0.1) is 26.9 Å². The number of aliphatic hydroxyl groups excluding tert-OH is 2. The number of fused-ring (bicyclic) bond motifs is 2. The van der Waals surface area contributed by atoms with Crippen LogP contribution in [0.5, 0.6) is 0 Å². The summed E-state index contributed by atoms with van der Waals surface area (Å²) in [5.41, 5.74) is -1.62. The molecule has 2 unspecified atom stereocenters. The maximum Gasteiger partial charge on any atom is 0.255 e. The van der Waals surface area contributed by atoms with Gasteiger partial charge in [-0.2, -0.15) is 0 Å². The van der Waals surface area contributed by atoms with Crippen molar-refractivity contribution < 1.29 is 37.3 Å². The highest BCUT2D eigenvalue weighted by atomic mass is 35.5. The fourth-order valence-electron chi connectivity index (χ4n) is 5.63. The Labute approximate surface area is 213 Å². The quantitative estimate of drug-likeness (QED) is 0.422. The Bertz CT molecular complexity index is 1260. The highest BCUT2D eigenvalue weighted by Gasteiger charge is 2.60. The maximum absolute atomic E-state index is 13.6. The van der Waals surface area contributed by atoms with Crippen molar-refractivity contribution in [2.24, 2.45) is 11.8 Å². The Morgan fingerprint density at radius 3 is 2.33 bits per heavy atom. The van der Waals surface area contributed by atoms with Crippen molar-refractivity contribution in [3.63, 3.8) is 0 Å². The third-order valence-corrected chi connectivity index (χ3v) is 10.3. The second kappa shape index (κ2) is 9.98. The third kappa shape index (κ3) is 4.65. The normalized spacial score (nSPS) is 27.5. The second-order valence-corrected chi connectivity index (χ2v) is 12.2. The van der Waals surface area contributed by atoms with Crippen LogP contribution in [0.1, 0.15) is 49.4 Å². The maximum atomic E-state index is 13.6. The van der Waals surface area contributed by atoms with Gasteiger partial charge in [-0.3, -0.25) is 4.79 Å². The first kappa shape index (κ1) is 26.9. The fourth-order valence-corrected chi connectivity index (χ4v) is 8.03. The number of hydrogen-bond donors (Lipinski definition) is 4. The van der Waals surface area contributed by atoms with Gasteiger partial charge >= 0.3 is 0 Å². The first-order valence-electron chi connectivity index (χ1n) is 11.8. The van der Waals surface area contributed by atoms with E-state index in [4.69, 9.17) is 11.6 Å². The molecular formula is C25H28ClF2NO6S. The van der Waals surface area contributed by atoms with Crippen LogP contribution in [0.4, 0.5) is 14.5 Å². The second-order valence-electron chi connectivity index (χ2n) is 9.65. The molecule has 1 amide bonds. The Morgan fingerprint density at radius 2 is 1.75 bits per heavy atom. The summed E-state index contributed by atoms with van der Waals surface area (Å²) in [6, 6.07) is 6.59. The number of carbonyl (C=O) groups is 1. The molecule has 0 saturated heterocycles. The Morgan fingerprint density at radius 1 is 1.11 bits per heavy atom. The van der Waals surface area contributed by atoms with E-state index in [-0.39, 0.29) is 40.4 Å². The number of carbonyl (C=O) groups excluding carboxylic acids is 1. The van der Waals surface area contributed by atoms with Gasteiger partial charge in [0.2, 0.25) is 0 Å². The molecule has 2 aromatic rings. The predicted octanol–water partition coefficient (Wildman–Crippen LogP) is 3.70. The Hall–Kier alpha value is -2.11. The molecule has 4 N–H and O–H groups in total. The molecule has 4 atom stereocenters. The molecule has 2 aliphatic rings. The molecule has 2 fully saturated rings. The molecular weight excluding hydrogens is 516 g/mol. The van der Waals surface area contributed by atoms with Crippen LogP contribution in [0.15, 0.2) is 41.3 Å². The van der Waals surface area contributed by atoms with E-state index in [1.807, 2.05) is 0 Å². The molecule has 196 valence electrons. The first-order valence-corrected chi connectivity index (χ1v) is 13.7. The van der Waals surface area contributed by atoms with Crippen molar-refractivity contribution in [2.45, 2.75) is 67.0 Å². The summed E-state index contributed by atoms with van der Waals surface area (Å²) in [6.45, 7) is 1.69. The molecule has 2 aromatic carbocycles. The highest BCUT2D eigenvalue weighted by molar-refractivity contribution is 7.92. The van der Waals surface area contributed by atoms with Crippen LogP contribution in [0.2, 0.25) is 5.02 Å². The number of anilines is 1. The zero-order valence-electron chi connectivity index (χ0n) is 19.5. The lowest BCUT2D eigenvalue weighted by atomic mass is 9.69. The highest BCUT2D eigenvalue weighted by Crippen LogP contribution is 2.54. The summed E-state index contributed by atoms with van der Waals surface area (Å²) in [4.78, 5) is 12.4. The van der Waals surface area contributed by atoms with Crippen molar-refractivity contribution in [1.82, 2.24) is 0 Å². The van der Waals surface area contributed by atoms with E-state index in [2.05, 4.69) is 5.32 Å². The van der Waals surface area contributed by atoms with E-state index in [9.17, 15) is 37.3 Å². The molecule has 0 aromatic heterocycles.